The van der Waals surface area contributed by atoms with Crippen molar-refractivity contribution in [3.63, 3.8) is 0 Å². The number of anilines is 1. The topological polar surface area (TPSA) is 32.3 Å². The van der Waals surface area contributed by atoms with Crippen molar-refractivity contribution >= 4 is 5.69 Å². The second kappa shape index (κ2) is 3.92. The Hall–Kier alpha value is -1.16. The minimum atomic E-state index is -0.638. The normalized spacial score (nSPS) is 11.5. The zero-order chi connectivity index (χ0) is 10.8. The molecule has 0 saturated heterocycles. The molecule has 0 spiro atoms. The van der Waals surface area contributed by atoms with Crippen LogP contribution in [0.4, 0.5) is 14.5 Å². The fourth-order valence-corrected chi connectivity index (χ4v) is 1.06. The Bertz CT molecular complexity index is 306. The average Bonchev–Trinajstić information content (AvgIpc) is 2.01. The van der Waals surface area contributed by atoms with Gasteiger partial charge in [-0.25, -0.2) is 8.78 Å². The second-order valence-corrected chi connectivity index (χ2v) is 3.83. The second-order valence-electron chi connectivity index (χ2n) is 3.83. The fraction of sp³-hybridized carbons (Fsp3) is 0.400. The van der Waals surface area contributed by atoms with Gasteiger partial charge in [0.2, 0.25) is 0 Å². The van der Waals surface area contributed by atoms with Crippen molar-refractivity contribution in [2.24, 2.45) is 0 Å². The molecular weight excluding hydrogens is 188 g/mol. The minimum Gasteiger partial charge on any atom is -0.394 e. The highest BCUT2D eigenvalue weighted by Gasteiger charge is 2.16. The molecule has 0 aliphatic carbocycles. The van der Waals surface area contributed by atoms with E-state index < -0.39 is 17.2 Å². The number of rotatable bonds is 3. The Kier molecular flexibility index (Phi) is 3.06. The molecule has 0 heterocycles. The number of aliphatic hydroxyl groups excluding tert-OH is 1. The van der Waals surface area contributed by atoms with Crippen molar-refractivity contribution in [1.82, 2.24) is 0 Å². The largest absolute Gasteiger partial charge is 0.394 e. The number of benzene rings is 1. The monoisotopic (exact) mass is 201 g/mol. The molecule has 1 aromatic carbocycles. The number of halogens is 2. The van der Waals surface area contributed by atoms with Crippen LogP contribution in [-0.2, 0) is 0 Å². The number of aliphatic hydroxyl groups is 1. The first-order valence-electron chi connectivity index (χ1n) is 4.28. The zero-order valence-electron chi connectivity index (χ0n) is 8.14. The molecule has 0 saturated carbocycles. The van der Waals surface area contributed by atoms with Crippen LogP contribution in [0.25, 0.3) is 0 Å². The van der Waals surface area contributed by atoms with Crippen LogP contribution in [0.15, 0.2) is 18.2 Å². The predicted octanol–water partition coefficient (Wildman–Crippen LogP) is 2.15. The van der Waals surface area contributed by atoms with Gasteiger partial charge in [0.1, 0.15) is 11.6 Å². The van der Waals surface area contributed by atoms with E-state index in [2.05, 4.69) is 5.32 Å². The minimum absolute atomic E-state index is 0.120. The Balaban J connectivity index is 2.87. The summed E-state index contributed by atoms with van der Waals surface area (Å²) in [7, 11) is 0. The summed E-state index contributed by atoms with van der Waals surface area (Å²) in [4.78, 5) is 0. The van der Waals surface area contributed by atoms with Gasteiger partial charge >= 0.3 is 0 Å². The molecule has 0 atom stereocenters. The van der Waals surface area contributed by atoms with Gasteiger partial charge in [-0.2, -0.15) is 0 Å². The van der Waals surface area contributed by atoms with Gasteiger partial charge in [0, 0.05) is 11.8 Å². The average molecular weight is 201 g/mol. The molecule has 14 heavy (non-hydrogen) atoms. The van der Waals surface area contributed by atoms with Crippen LogP contribution in [0.3, 0.4) is 0 Å². The van der Waals surface area contributed by atoms with E-state index in [1.54, 1.807) is 13.8 Å². The SMILES string of the molecule is CC(C)(CO)Nc1cc(F)cc(F)c1. The van der Waals surface area contributed by atoms with Crippen LogP contribution in [0, 0.1) is 11.6 Å². The maximum atomic E-state index is 12.8. The van der Waals surface area contributed by atoms with Crippen LogP contribution in [-0.4, -0.2) is 17.3 Å². The van der Waals surface area contributed by atoms with Gasteiger partial charge in [0.15, 0.2) is 0 Å². The molecule has 0 bridgehead atoms. The van der Waals surface area contributed by atoms with Gasteiger partial charge < -0.3 is 10.4 Å². The standard InChI is InChI=1S/C10H13F2NO/c1-10(2,6-14)13-9-4-7(11)3-8(12)5-9/h3-5,13-14H,6H2,1-2H3. The van der Waals surface area contributed by atoms with Crippen molar-refractivity contribution < 1.29 is 13.9 Å². The summed E-state index contributed by atoms with van der Waals surface area (Å²) in [5, 5.41) is 11.8. The van der Waals surface area contributed by atoms with Gasteiger partial charge in [-0.15, -0.1) is 0 Å². The Morgan fingerprint density at radius 1 is 1.21 bits per heavy atom. The molecule has 1 rings (SSSR count). The third kappa shape index (κ3) is 2.96. The first-order chi connectivity index (χ1) is 6.43. The maximum Gasteiger partial charge on any atom is 0.128 e. The summed E-state index contributed by atoms with van der Waals surface area (Å²) in [5.41, 5.74) is -0.276. The number of nitrogens with one attached hydrogen (secondary N) is 1. The van der Waals surface area contributed by atoms with E-state index >= 15 is 0 Å². The molecular formula is C10H13F2NO. The first-order valence-corrected chi connectivity index (χ1v) is 4.28. The van der Waals surface area contributed by atoms with Crippen LogP contribution in [0.1, 0.15) is 13.8 Å². The number of hydrogen-bond donors (Lipinski definition) is 2. The molecule has 0 fully saturated rings. The van der Waals surface area contributed by atoms with Gasteiger partial charge in [-0.1, -0.05) is 0 Å². The molecule has 0 aliphatic heterocycles. The van der Waals surface area contributed by atoms with Crippen molar-refractivity contribution in [3.05, 3.63) is 29.8 Å². The summed E-state index contributed by atoms with van der Waals surface area (Å²) >= 11 is 0. The molecule has 2 N–H and O–H groups in total. The van der Waals surface area contributed by atoms with E-state index in [4.69, 9.17) is 5.11 Å². The van der Waals surface area contributed by atoms with Crippen molar-refractivity contribution in [2.75, 3.05) is 11.9 Å². The summed E-state index contributed by atoms with van der Waals surface area (Å²) in [6.07, 6.45) is 0. The summed E-state index contributed by atoms with van der Waals surface area (Å²) in [6.45, 7) is 3.34. The molecule has 2 nitrogen and oxygen atoms in total. The van der Waals surface area contributed by atoms with Crippen molar-refractivity contribution in [2.45, 2.75) is 19.4 Å². The lowest BCUT2D eigenvalue weighted by molar-refractivity contribution is 0.234. The summed E-state index contributed by atoms with van der Waals surface area (Å²) in [6, 6.07) is 3.16. The van der Waals surface area contributed by atoms with Crippen molar-refractivity contribution in [3.8, 4) is 0 Å². The molecule has 78 valence electrons. The lowest BCUT2D eigenvalue weighted by atomic mass is 10.1. The van der Waals surface area contributed by atoms with E-state index in [1.807, 2.05) is 0 Å². The Morgan fingerprint density at radius 3 is 2.14 bits per heavy atom. The molecule has 1 aromatic rings. The lowest BCUT2D eigenvalue weighted by Crippen LogP contribution is -2.34. The maximum absolute atomic E-state index is 12.8. The number of hydrogen-bond acceptors (Lipinski definition) is 2. The zero-order valence-corrected chi connectivity index (χ0v) is 8.14. The van der Waals surface area contributed by atoms with Crippen LogP contribution < -0.4 is 5.32 Å². The molecule has 0 amide bonds. The summed E-state index contributed by atoms with van der Waals surface area (Å²) in [5.74, 6) is -1.28. The smallest absolute Gasteiger partial charge is 0.128 e. The highest BCUT2D eigenvalue weighted by molar-refractivity contribution is 5.45. The van der Waals surface area contributed by atoms with Crippen LogP contribution >= 0.6 is 0 Å². The molecule has 0 aliphatic rings. The quantitative estimate of drug-likeness (QED) is 0.785. The highest BCUT2D eigenvalue weighted by Crippen LogP contribution is 2.17. The summed E-state index contributed by atoms with van der Waals surface area (Å²) < 4.78 is 25.5. The lowest BCUT2D eigenvalue weighted by Gasteiger charge is -2.24. The fourth-order valence-electron chi connectivity index (χ4n) is 1.06. The van der Waals surface area contributed by atoms with E-state index in [1.165, 1.54) is 12.1 Å². The van der Waals surface area contributed by atoms with E-state index in [9.17, 15) is 8.78 Å². The van der Waals surface area contributed by atoms with Gasteiger partial charge in [0.25, 0.3) is 0 Å². The van der Waals surface area contributed by atoms with E-state index in [-0.39, 0.29) is 6.61 Å². The molecule has 0 radical (unpaired) electrons. The van der Waals surface area contributed by atoms with Crippen molar-refractivity contribution in [1.29, 1.82) is 0 Å². The van der Waals surface area contributed by atoms with Crippen LogP contribution in [0.2, 0.25) is 0 Å². The molecule has 0 unspecified atom stereocenters. The van der Waals surface area contributed by atoms with Gasteiger partial charge in [-0.05, 0) is 26.0 Å². The predicted molar refractivity (Wildman–Crippen MR) is 51.1 cm³/mol. The van der Waals surface area contributed by atoms with Crippen LogP contribution in [0.5, 0.6) is 0 Å². The van der Waals surface area contributed by atoms with E-state index in [0.29, 0.717) is 5.69 Å². The Morgan fingerprint density at radius 2 is 1.71 bits per heavy atom. The molecule has 4 heteroatoms. The van der Waals surface area contributed by atoms with E-state index in [0.717, 1.165) is 6.07 Å². The van der Waals surface area contributed by atoms with Gasteiger partial charge in [0.05, 0.1) is 12.1 Å². The first kappa shape index (κ1) is 10.9. The van der Waals surface area contributed by atoms with Gasteiger partial charge in [-0.3, -0.25) is 0 Å². The molecule has 0 aromatic heterocycles. The highest BCUT2D eigenvalue weighted by atomic mass is 19.1. The Labute approximate surface area is 81.6 Å². The third-order valence-electron chi connectivity index (χ3n) is 1.74. The third-order valence-corrected chi connectivity index (χ3v) is 1.74.